The van der Waals surface area contributed by atoms with E-state index in [9.17, 15) is 13.6 Å². The molecule has 0 N–H and O–H groups in total. The quantitative estimate of drug-likeness (QED) is 0.407. The van der Waals surface area contributed by atoms with E-state index >= 15 is 0 Å². The monoisotopic (exact) mass is 452 g/mol. The number of nitrogens with zero attached hydrogens (tertiary/aromatic N) is 6. The van der Waals surface area contributed by atoms with Crippen LogP contribution in [0.2, 0.25) is 0 Å². The fourth-order valence-electron chi connectivity index (χ4n) is 3.97. The molecule has 0 bridgehead atoms. The standard InChI is InChI=1S/C22H18F2N6O3/c1-28-17-8-26-16-5-18(32-2)13(12-6-27-29(10-12)11-23)4-14(16)20(17)30(22(28)31)21-15(24)7-25-9-19(21)33-3/h4-10H,11H2,1-3H3. The van der Waals surface area contributed by atoms with Crippen LogP contribution < -0.4 is 15.2 Å². The van der Waals surface area contributed by atoms with E-state index in [-0.39, 0.29) is 11.4 Å². The highest BCUT2D eigenvalue weighted by Gasteiger charge is 2.23. The summed E-state index contributed by atoms with van der Waals surface area (Å²) in [5.74, 6) is -0.121. The van der Waals surface area contributed by atoms with Crippen molar-refractivity contribution >= 4 is 21.9 Å². The molecule has 168 valence electrons. The van der Waals surface area contributed by atoms with Gasteiger partial charge in [0.1, 0.15) is 11.4 Å². The third kappa shape index (κ3) is 3.04. The van der Waals surface area contributed by atoms with Gasteiger partial charge in [-0.3, -0.25) is 19.1 Å². The summed E-state index contributed by atoms with van der Waals surface area (Å²) in [4.78, 5) is 21.5. The summed E-state index contributed by atoms with van der Waals surface area (Å²) in [6, 6.07) is 3.48. The Hall–Kier alpha value is -4.28. The van der Waals surface area contributed by atoms with E-state index in [1.54, 1.807) is 31.6 Å². The zero-order valence-electron chi connectivity index (χ0n) is 17.9. The lowest BCUT2D eigenvalue weighted by Crippen LogP contribution is -2.22. The Morgan fingerprint density at radius 3 is 2.55 bits per heavy atom. The van der Waals surface area contributed by atoms with Gasteiger partial charge in [-0.25, -0.2) is 18.3 Å². The van der Waals surface area contributed by atoms with Crippen molar-refractivity contribution in [1.82, 2.24) is 28.9 Å². The van der Waals surface area contributed by atoms with Gasteiger partial charge in [-0.2, -0.15) is 5.10 Å². The van der Waals surface area contributed by atoms with E-state index in [4.69, 9.17) is 9.47 Å². The fourth-order valence-corrected chi connectivity index (χ4v) is 3.97. The lowest BCUT2D eigenvalue weighted by molar-refractivity contribution is 0.350. The highest BCUT2D eigenvalue weighted by atomic mass is 19.1. The maximum Gasteiger partial charge on any atom is 0.333 e. The number of imidazole rings is 1. The van der Waals surface area contributed by atoms with Crippen LogP contribution in [0.5, 0.6) is 11.5 Å². The lowest BCUT2D eigenvalue weighted by Gasteiger charge is -2.13. The molecule has 4 heterocycles. The van der Waals surface area contributed by atoms with Crippen molar-refractivity contribution in [3.05, 3.63) is 59.4 Å². The van der Waals surface area contributed by atoms with Gasteiger partial charge in [0.25, 0.3) is 0 Å². The Bertz CT molecular complexity index is 1590. The summed E-state index contributed by atoms with van der Waals surface area (Å²) in [6.45, 7) is -0.777. The van der Waals surface area contributed by atoms with Crippen molar-refractivity contribution in [3.63, 3.8) is 0 Å². The number of hydrogen-bond donors (Lipinski definition) is 0. The van der Waals surface area contributed by atoms with Crippen molar-refractivity contribution in [1.29, 1.82) is 0 Å². The molecule has 11 heteroatoms. The molecular formula is C22H18F2N6O3. The second-order valence-corrected chi connectivity index (χ2v) is 7.30. The third-order valence-corrected chi connectivity index (χ3v) is 5.55. The Morgan fingerprint density at radius 1 is 1.06 bits per heavy atom. The van der Waals surface area contributed by atoms with Crippen LogP contribution in [-0.4, -0.2) is 43.1 Å². The van der Waals surface area contributed by atoms with Crippen LogP contribution in [0.4, 0.5) is 8.78 Å². The molecule has 0 aliphatic rings. The van der Waals surface area contributed by atoms with Gasteiger partial charge in [0.05, 0.1) is 55.6 Å². The van der Waals surface area contributed by atoms with Crippen molar-refractivity contribution < 1.29 is 18.3 Å². The van der Waals surface area contributed by atoms with Crippen molar-refractivity contribution in [2.75, 3.05) is 14.2 Å². The van der Waals surface area contributed by atoms with Crippen molar-refractivity contribution in [2.24, 2.45) is 7.05 Å². The number of fused-ring (bicyclic) bond motifs is 3. The molecule has 33 heavy (non-hydrogen) atoms. The number of ether oxygens (including phenoxy) is 2. The minimum Gasteiger partial charge on any atom is -0.496 e. The van der Waals surface area contributed by atoms with E-state index in [1.807, 2.05) is 0 Å². The van der Waals surface area contributed by atoms with Gasteiger partial charge >= 0.3 is 5.69 Å². The van der Waals surface area contributed by atoms with E-state index < -0.39 is 18.3 Å². The Labute approximate surface area is 185 Å². The second-order valence-electron chi connectivity index (χ2n) is 7.30. The summed E-state index contributed by atoms with van der Waals surface area (Å²) in [5, 5.41) is 4.55. The van der Waals surface area contributed by atoms with Crippen LogP contribution in [0.1, 0.15) is 0 Å². The van der Waals surface area contributed by atoms with Crippen LogP contribution in [0.3, 0.4) is 0 Å². The first-order valence-corrected chi connectivity index (χ1v) is 9.83. The second kappa shape index (κ2) is 7.69. The van der Waals surface area contributed by atoms with Crippen molar-refractivity contribution in [3.8, 4) is 28.3 Å². The molecule has 0 saturated carbocycles. The molecular weight excluding hydrogens is 434 g/mol. The van der Waals surface area contributed by atoms with Gasteiger partial charge in [0.2, 0.25) is 0 Å². The summed E-state index contributed by atoms with van der Waals surface area (Å²) >= 11 is 0. The first-order valence-electron chi connectivity index (χ1n) is 9.83. The highest BCUT2D eigenvalue weighted by molar-refractivity contribution is 6.05. The number of pyridine rings is 2. The van der Waals surface area contributed by atoms with Crippen LogP contribution in [0, 0.1) is 5.82 Å². The maximum atomic E-state index is 15.0. The SMILES string of the molecule is COc1cc2ncc3c(c2cc1-c1cnn(CF)c1)n(-c1c(F)cncc1OC)c(=O)n3C. The lowest BCUT2D eigenvalue weighted by atomic mass is 10.0. The Morgan fingerprint density at radius 2 is 1.85 bits per heavy atom. The molecule has 4 aromatic heterocycles. The highest BCUT2D eigenvalue weighted by Crippen LogP contribution is 2.37. The van der Waals surface area contributed by atoms with E-state index in [1.165, 1.54) is 35.7 Å². The molecule has 0 radical (unpaired) electrons. The Kier molecular flexibility index (Phi) is 4.81. The maximum absolute atomic E-state index is 15.0. The van der Waals surface area contributed by atoms with Crippen LogP contribution in [0.15, 0.2) is 47.9 Å². The molecule has 0 atom stereocenters. The fraction of sp³-hybridized carbons (Fsp3) is 0.182. The molecule has 1 aromatic carbocycles. The van der Waals surface area contributed by atoms with Gasteiger partial charge in [0.15, 0.2) is 18.4 Å². The Balaban J connectivity index is 1.93. The molecule has 0 aliphatic heterocycles. The molecule has 0 saturated heterocycles. The van der Waals surface area contributed by atoms with E-state index in [0.717, 1.165) is 10.9 Å². The topological polar surface area (TPSA) is 89.0 Å². The zero-order valence-corrected chi connectivity index (χ0v) is 17.9. The molecule has 0 spiro atoms. The largest absolute Gasteiger partial charge is 0.496 e. The van der Waals surface area contributed by atoms with Gasteiger partial charge in [-0.15, -0.1) is 0 Å². The minimum atomic E-state index is -0.777. The zero-order chi connectivity index (χ0) is 23.3. The van der Waals surface area contributed by atoms with Gasteiger partial charge in [-0.05, 0) is 6.07 Å². The van der Waals surface area contributed by atoms with Gasteiger partial charge < -0.3 is 9.47 Å². The molecule has 5 rings (SSSR count). The molecule has 5 aromatic rings. The number of hydrogen-bond acceptors (Lipinski definition) is 6. The molecule has 0 unspecified atom stereocenters. The molecule has 0 amide bonds. The van der Waals surface area contributed by atoms with Crippen molar-refractivity contribution in [2.45, 2.75) is 6.80 Å². The van der Waals surface area contributed by atoms with Gasteiger partial charge in [0, 0.05) is 35.8 Å². The predicted octanol–water partition coefficient (Wildman–Crippen LogP) is 3.22. The summed E-state index contributed by atoms with van der Waals surface area (Å²) < 4.78 is 42.6. The molecule has 9 nitrogen and oxygen atoms in total. The number of alkyl halides is 1. The number of halogens is 2. The average molecular weight is 452 g/mol. The first-order chi connectivity index (χ1) is 16.0. The van der Waals surface area contributed by atoms with Crippen LogP contribution in [-0.2, 0) is 13.8 Å². The number of aryl methyl sites for hydroxylation is 1. The van der Waals surface area contributed by atoms with E-state index in [2.05, 4.69) is 15.1 Å². The van der Waals surface area contributed by atoms with Crippen LogP contribution in [0.25, 0.3) is 38.8 Å². The summed E-state index contributed by atoms with van der Waals surface area (Å²) in [5.41, 5.74) is 2.13. The normalized spacial score (nSPS) is 11.4. The molecule has 0 aliphatic carbocycles. The first kappa shape index (κ1) is 20.6. The number of benzene rings is 1. The van der Waals surface area contributed by atoms with E-state index in [0.29, 0.717) is 38.8 Å². The molecule has 0 fully saturated rings. The number of aromatic nitrogens is 6. The third-order valence-electron chi connectivity index (χ3n) is 5.55. The minimum absolute atomic E-state index is 0.0572. The number of methoxy groups -OCH3 is 2. The average Bonchev–Trinajstić information content (AvgIpc) is 3.41. The summed E-state index contributed by atoms with van der Waals surface area (Å²) in [7, 11) is 4.47. The smallest absolute Gasteiger partial charge is 0.333 e. The van der Waals surface area contributed by atoms with Crippen LogP contribution >= 0.6 is 0 Å². The predicted molar refractivity (Wildman–Crippen MR) is 117 cm³/mol. The summed E-state index contributed by atoms with van der Waals surface area (Å²) in [6.07, 6.45) is 6.96. The number of rotatable bonds is 5. The van der Waals surface area contributed by atoms with Gasteiger partial charge in [-0.1, -0.05) is 0 Å².